The maximum absolute atomic E-state index is 11.4. The zero-order chi connectivity index (χ0) is 13.1. The molecule has 3 N–H and O–H groups in total. The smallest absolute Gasteiger partial charge is 0.241 e. The van der Waals surface area contributed by atoms with Crippen molar-refractivity contribution in [1.29, 1.82) is 0 Å². The molecule has 0 aliphatic carbocycles. The Bertz CT molecular complexity index is 544. The fourth-order valence-corrected chi connectivity index (χ4v) is 1.48. The number of anilines is 1. The molecular formula is C12H15N5O. The number of nitrogens with zero attached hydrogens (tertiary/aromatic N) is 3. The van der Waals surface area contributed by atoms with Gasteiger partial charge >= 0.3 is 0 Å². The first-order chi connectivity index (χ1) is 8.58. The first kappa shape index (κ1) is 12.3. The topological polar surface area (TPSA) is 85.8 Å². The summed E-state index contributed by atoms with van der Waals surface area (Å²) in [5.74, 6) is 1.38. The van der Waals surface area contributed by atoms with Crippen LogP contribution in [0.3, 0.4) is 0 Å². The van der Waals surface area contributed by atoms with Crippen LogP contribution in [0.15, 0.2) is 30.7 Å². The summed E-state index contributed by atoms with van der Waals surface area (Å²) in [6.07, 6.45) is 5.13. The molecule has 0 unspecified atom stereocenters. The number of amides is 1. The van der Waals surface area contributed by atoms with E-state index in [4.69, 9.17) is 5.73 Å². The van der Waals surface area contributed by atoms with E-state index >= 15 is 0 Å². The first-order valence-electron chi connectivity index (χ1n) is 5.61. The molecule has 0 bridgehead atoms. The predicted molar refractivity (Wildman–Crippen MR) is 68.4 cm³/mol. The number of hydrogen-bond acceptors (Lipinski definition) is 4. The molecule has 1 amide bonds. The van der Waals surface area contributed by atoms with E-state index < -0.39 is 6.04 Å². The Hall–Kier alpha value is -2.21. The van der Waals surface area contributed by atoms with E-state index in [1.165, 1.54) is 0 Å². The number of aryl methyl sites for hydroxylation is 1. The van der Waals surface area contributed by atoms with Crippen LogP contribution in [0.5, 0.6) is 0 Å². The van der Waals surface area contributed by atoms with Crippen molar-refractivity contribution in [1.82, 2.24) is 14.5 Å². The predicted octanol–water partition coefficient (Wildman–Crippen LogP) is 0.861. The van der Waals surface area contributed by atoms with Crippen molar-refractivity contribution in [2.45, 2.75) is 19.9 Å². The van der Waals surface area contributed by atoms with Crippen LogP contribution in [0.1, 0.15) is 12.7 Å². The molecule has 0 saturated carbocycles. The van der Waals surface area contributed by atoms with Crippen molar-refractivity contribution < 1.29 is 4.79 Å². The lowest BCUT2D eigenvalue weighted by Crippen LogP contribution is -2.32. The van der Waals surface area contributed by atoms with E-state index in [0.717, 1.165) is 11.6 Å². The third kappa shape index (κ3) is 2.54. The van der Waals surface area contributed by atoms with Gasteiger partial charge in [0, 0.05) is 12.4 Å². The van der Waals surface area contributed by atoms with Crippen molar-refractivity contribution in [3.63, 3.8) is 0 Å². The Morgan fingerprint density at radius 3 is 2.72 bits per heavy atom. The Labute approximate surface area is 105 Å². The van der Waals surface area contributed by atoms with Crippen LogP contribution in [0.25, 0.3) is 5.82 Å². The summed E-state index contributed by atoms with van der Waals surface area (Å²) in [6, 6.07) is 3.05. The molecule has 0 saturated heterocycles. The number of aromatic nitrogens is 3. The van der Waals surface area contributed by atoms with Crippen LogP contribution < -0.4 is 11.1 Å². The number of nitrogens with two attached hydrogens (primary N) is 1. The SMILES string of the molecule is Cc1nccn1-c1ccc(NC(=O)[C@@H](C)N)cn1. The van der Waals surface area contributed by atoms with Crippen LogP contribution >= 0.6 is 0 Å². The molecule has 0 spiro atoms. The number of imidazole rings is 1. The Kier molecular flexibility index (Phi) is 3.38. The minimum atomic E-state index is -0.541. The highest BCUT2D eigenvalue weighted by atomic mass is 16.2. The maximum atomic E-state index is 11.4. The highest BCUT2D eigenvalue weighted by Gasteiger charge is 2.08. The molecule has 0 aliphatic rings. The van der Waals surface area contributed by atoms with E-state index in [-0.39, 0.29) is 5.91 Å². The molecule has 0 aromatic carbocycles. The van der Waals surface area contributed by atoms with Gasteiger partial charge in [-0.05, 0) is 26.0 Å². The van der Waals surface area contributed by atoms with E-state index in [1.54, 1.807) is 25.4 Å². The normalized spacial score (nSPS) is 12.2. The largest absolute Gasteiger partial charge is 0.323 e. The lowest BCUT2D eigenvalue weighted by Gasteiger charge is -2.08. The average Bonchev–Trinajstić information content (AvgIpc) is 2.76. The molecule has 0 fully saturated rings. The Balaban J connectivity index is 2.16. The van der Waals surface area contributed by atoms with Gasteiger partial charge in [-0.25, -0.2) is 9.97 Å². The van der Waals surface area contributed by atoms with Gasteiger partial charge in [-0.1, -0.05) is 0 Å². The monoisotopic (exact) mass is 245 g/mol. The highest BCUT2D eigenvalue weighted by Crippen LogP contribution is 2.11. The second-order valence-electron chi connectivity index (χ2n) is 4.03. The molecule has 0 aliphatic heterocycles. The van der Waals surface area contributed by atoms with Gasteiger partial charge in [-0.2, -0.15) is 0 Å². The molecular weight excluding hydrogens is 230 g/mol. The van der Waals surface area contributed by atoms with Crippen molar-refractivity contribution >= 4 is 11.6 Å². The van der Waals surface area contributed by atoms with E-state index in [2.05, 4.69) is 15.3 Å². The molecule has 2 aromatic rings. The Morgan fingerprint density at radius 2 is 2.22 bits per heavy atom. The number of pyridine rings is 1. The van der Waals surface area contributed by atoms with Gasteiger partial charge in [-0.3, -0.25) is 9.36 Å². The summed E-state index contributed by atoms with van der Waals surface area (Å²) in [5, 5.41) is 2.68. The van der Waals surface area contributed by atoms with E-state index in [9.17, 15) is 4.79 Å². The average molecular weight is 245 g/mol. The second kappa shape index (κ2) is 4.97. The van der Waals surface area contributed by atoms with Crippen molar-refractivity contribution in [2.75, 3.05) is 5.32 Å². The lowest BCUT2D eigenvalue weighted by molar-refractivity contribution is -0.117. The molecule has 94 valence electrons. The third-order valence-corrected chi connectivity index (χ3v) is 2.50. The molecule has 0 radical (unpaired) electrons. The zero-order valence-corrected chi connectivity index (χ0v) is 10.3. The van der Waals surface area contributed by atoms with Crippen molar-refractivity contribution in [3.05, 3.63) is 36.5 Å². The summed E-state index contributed by atoms with van der Waals surface area (Å²) in [7, 11) is 0. The standard InChI is InChI=1S/C12H15N5O/c1-8(13)12(18)16-10-3-4-11(15-7-10)17-6-5-14-9(17)2/h3-8H,13H2,1-2H3,(H,16,18)/t8-/m1/s1. The van der Waals surface area contributed by atoms with Crippen LogP contribution in [0.2, 0.25) is 0 Å². The van der Waals surface area contributed by atoms with Gasteiger partial charge in [0.2, 0.25) is 5.91 Å². The molecule has 6 nitrogen and oxygen atoms in total. The Morgan fingerprint density at radius 1 is 1.44 bits per heavy atom. The number of hydrogen-bond donors (Lipinski definition) is 2. The summed E-state index contributed by atoms with van der Waals surface area (Å²) >= 11 is 0. The fraction of sp³-hybridized carbons (Fsp3) is 0.250. The summed E-state index contributed by atoms with van der Waals surface area (Å²) in [4.78, 5) is 19.8. The van der Waals surface area contributed by atoms with Gasteiger partial charge < -0.3 is 11.1 Å². The molecule has 2 aromatic heterocycles. The molecule has 2 heterocycles. The summed E-state index contributed by atoms with van der Waals surface area (Å²) in [5.41, 5.74) is 6.09. The quantitative estimate of drug-likeness (QED) is 0.839. The summed E-state index contributed by atoms with van der Waals surface area (Å²) in [6.45, 7) is 3.53. The van der Waals surface area contributed by atoms with Crippen LogP contribution in [-0.2, 0) is 4.79 Å². The third-order valence-electron chi connectivity index (χ3n) is 2.50. The summed E-state index contributed by atoms with van der Waals surface area (Å²) < 4.78 is 1.86. The van der Waals surface area contributed by atoms with Crippen LogP contribution in [-0.4, -0.2) is 26.5 Å². The molecule has 6 heteroatoms. The number of carbonyl (C=O) groups excluding carboxylic acids is 1. The van der Waals surface area contributed by atoms with E-state index in [1.807, 2.05) is 23.8 Å². The highest BCUT2D eigenvalue weighted by molar-refractivity contribution is 5.94. The number of rotatable bonds is 3. The van der Waals surface area contributed by atoms with Crippen LogP contribution in [0, 0.1) is 6.92 Å². The lowest BCUT2D eigenvalue weighted by atomic mass is 10.3. The van der Waals surface area contributed by atoms with Crippen LogP contribution in [0.4, 0.5) is 5.69 Å². The van der Waals surface area contributed by atoms with Gasteiger partial charge in [0.1, 0.15) is 11.6 Å². The maximum Gasteiger partial charge on any atom is 0.241 e. The van der Waals surface area contributed by atoms with E-state index in [0.29, 0.717) is 5.69 Å². The number of carbonyl (C=O) groups is 1. The minimum absolute atomic E-state index is 0.233. The van der Waals surface area contributed by atoms with Crippen molar-refractivity contribution in [2.24, 2.45) is 5.73 Å². The fourth-order valence-electron chi connectivity index (χ4n) is 1.48. The molecule has 1 atom stereocenters. The van der Waals surface area contributed by atoms with Gasteiger partial charge in [0.15, 0.2) is 0 Å². The van der Waals surface area contributed by atoms with Gasteiger partial charge in [-0.15, -0.1) is 0 Å². The molecule has 2 rings (SSSR count). The van der Waals surface area contributed by atoms with Gasteiger partial charge in [0.05, 0.1) is 17.9 Å². The minimum Gasteiger partial charge on any atom is -0.323 e. The van der Waals surface area contributed by atoms with Gasteiger partial charge in [0.25, 0.3) is 0 Å². The molecule has 18 heavy (non-hydrogen) atoms. The zero-order valence-electron chi connectivity index (χ0n) is 10.3. The first-order valence-corrected chi connectivity index (χ1v) is 5.61. The second-order valence-corrected chi connectivity index (χ2v) is 4.03. The van der Waals surface area contributed by atoms with Crippen molar-refractivity contribution in [3.8, 4) is 5.82 Å². The number of nitrogens with one attached hydrogen (secondary N) is 1.